The predicted molar refractivity (Wildman–Crippen MR) is 75.4 cm³/mol. The fourth-order valence-corrected chi connectivity index (χ4v) is 2.66. The van der Waals surface area contributed by atoms with E-state index in [1.807, 2.05) is 11.8 Å². The van der Waals surface area contributed by atoms with Crippen LogP contribution in [0.1, 0.15) is 58.3 Å². The minimum atomic E-state index is 1.00. The number of nitrogens with zero attached hydrogens (tertiary/aromatic N) is 1. The zero-order valence-corrected chi connectivity index (χ0v) is 11.5. The Labute approximate surface area is 105 Å². The lowest BCUT2D eigenvalue weighted by Gasteiger charge is -2.04. The van der Waals surface area contributed by atoms with Crippen molar-refractivity contribution in [2.45, 2.75) is 58.3 Å². The standard InChI is InChI=1S/C13H26N2S/c1-2-3-4-5-6-7-8-9-10-14-13-15-11-12-16-13/h2-12H2,1H3,(H,14,15). The summed E-state index contributed by atoms with van der Waals surface area (Å²) in [5.74, 6) is 1.17. The van der Waals surface area contributed by atoms with E-state index >= 15 is 0 Å². The Morgan fingerprint density at radius 3 is 2.38 bits per heavy atom. The first kappa shape index (κ1) is 13.9. The summed E-state index contributed by atoms with van der Waals surface area (Å²) in [5.41, 5.74) is 0. The summed E-state index contributed by atoms with van der Waals surface area (Å²) in [6.07, 6.45) is 11.1. The maximum absolute atomic E-state index is 4.37. The number of thioether (sulfide) groups is 1. The fraction of sp³-hybridized carbons (Fsp3) is 0.923. The molecule has 0 aromatic rings. The number of rotatable bonds is 9. The van der Waals surface area contributed by atoms with Crippen LogP contribution in [0, 0.1) is 0 Å². The number of hydrogen-bond donors (Lipinski definition) is 1. The zero-order valence-electron chi connectivity index (χ0n) is 10.6. The predicted octanol–water partition coefficient (Wildman–Crippen LogP) is 3.82. The minimum absolute atomic E-state index is 1.00. The second-order valence-corrected chi connectivity index (χ2v) is 5.52. The monoisotopic (exact) mass is 242 g/mol. The van der Waals surface area contributed by atoms with E-state index in [-0.39, 0.29) is 0 Å². The van der Waals surface area contributed by atoms with Gasteiger partial charge in [-0.05, 0) is 6.42 Å². The molecule has 0 saturated carbocycles. The quantitative estimate of drug-likeness (QED) is 0.622. The molecule has 0 aromatic carbocycles. The van der Waals surface area contributed by atoms with Gasteiger partial charge in [0.1, 0.15) is 0 Å². The Balaban J connectivity index is 1.74. The molecule has 0 spiro atoms. The van der Waals surface area contributed by atoms with Crippen molar-refractivity contribution in [1.29, 1.82) is 0 Å². The Kier molecular flexibility index (Phi) is 8.68. The summed E-state index contributed by atoms with van der Waals surface area (Å²) in [6, 6.07) is 0. The van der Waals surface area contributed by atoms with Gasteiger partial charge in [-0.2, -0.15) is 0 Å². The van der Waals surface area contributed by atoms with Crippen molar-refractivity contribution in [3.63, 3.8) is 0 Å². The van der Waals surface area contributed by atoms with Crippen LogP contribution in [0.2, 0.25) is 0 Å². The van der Waals surface area contributed by atoms with Crippen LogP contribution >= 0.6 is 11.8 Å². The molecule has 3 heteroatoms. The SMILES string of the molecule is CCCCCCCCCCNC1=NCCS1. The first-order valence-corrected chi connectivity index (χ1v) is 7.83. The summed E-state index contributed by atoms with van der Waals surface area (Å²) < 4.78 is 0. The van der Waals surface area contributed by atoms with Crippen LogP contribution in [0.4, 0.5) is 0 Å². The van der Waals surface area contributed by atoms with E-state index in [0.717, 1.165) is 13.1 Å². The van der Waals surface area contributed by atoms with Crippen molar-refractivity contribution in [3.8, 4) is 0 Å². The molecule has 0 fully saturated rings. The van der Waals surface area contributed by atoms with Crippen LogP contribution in [-0.4, -0.2) is 24.0 Å². The van der Waals surface area contributed by atoms with Gasteiger partial charge >= 0.3 is 0 Å². The average molecular weight is 242 g/mol. The molecule has 1 N–H and O–H groups in total. The van der Waals surface area contributed by atoms with Gasteiger partial charge in [0.05, 0.1) is 6.54 Å². The van der Waals surface area contributed by atoms with Crippen LogP contribution < -0.4 is 5.32 Å². The third-order valence-corrected chi connectivity index (χ3v) is 3.83. The molecule has 0 aliphatic carbocycles. The molecule has 1 heterocycles. The van der Waals surface area contributed by atoms with Crippen molar-refractivity contribution in [2.24, 2.45) is 4.99 Å². The molecule has 1 aliphatic heterocycles. The normalized spacial score (nSPS) is 15.2. The molecular formula is C13H26N2S. The van der Waals surface area contributed by atoms with Gasteiger partial charge in [0.25, 0.3) is 0 Å². The first-order chi connectivity index (χ1) is 7.93. The number of hydrogen-bond acceptors (Lipinski definition) is 3. The molecule has 94 valence electrons. The Hall–Kier alpha value is -0.180. The number of aliphatic imine (C=N–C) groups is 1. The molecule has 2 nitrogen and oxygen atoms in total. The van der Waals surface area contributed by atoms with Gasteiger partial charge in [-0.1, -0.05) is 63.6 Å². The molecule has 0 saturated heterocycles. The van der Waals surface area contributed by atoms with E-state index in [0.29, 0.717) is 0 Å². The minimum Gasteiger partial charge on any atom is -0.365 e. The van der Waals surface area contributed by atoms with Gasteiger partial charge in [-0.25, -0.2) is 0 Å². The maximum Gasteiger partial charge on any atom is 0.156 e. The molecule has 0 aromatic heterocycles. The van der Waals surface area contributed by atoms with Crippen LogP contribution in [0.15, 0.2) is 4.99 Å². The van der Waals surface area contributed by atoms with Gasteiger partial charge in [0, 0.05) is 12.3 Å². The molecule has 0 atom stereocenters. The highest BCUT2D eigenvalue weighted by Crippen LogP contribution is 2.10. The van der Waals surface area contributed by atoms with Crippen molar-refractivity contribution in [1.82, 2.24) is 5.32 Å². The van der Waals surface area contributed by atoms with E-state index in [9.17, 15) is 0 Å². The maximum atomic E-state index is 4.37. The van der Waals surface area contributed by atoms with Crippen LogP contribution in [0.3, 0.4) is 0 Å². The summed E-state index contributed by atoms with van der Waals surface area (Å²) in [5, 5.41) is 4.58. The molecule has 0 amide bonds. The zero-order chi connectivity index (χ0) is 11.5. The third-order valence-electron chi connectivity index (χ3n) is 2.89. The van der Waals surface area contributed by atoms with Crippen LogP contribution in [0.5, 0.6) is 0 Å². The average Bonchev–Trinajstić information content (AvgIpc) is 2.80. The van der Waals surface area contributed by atoms with Gasteiger partial charge in [-0.3, -0.25) is 4.99 Å². The Morgan fingerprint density at radius 1 is 1.06 bits per heavy atom. The topological polar surface area (TPSA) is 24.4 Å². The number of unbranched alkanes of at least 4 members (excludes halogenated alkanes) is 7. The summed E-state index contributed by atoms with van der Waals surface area (Å²) in [4.78, 5) is 4.37. The lowest BCUT2D eigenvalue weighted by atomic mass is 10.1. The van der Waals surface area contributed by atoms with E-state index in [1.54, 1.807) is 0 Å². The summed E-state index contributed by atoms with van der Waals surface area (Å²) in [7, 11) is 0. The van der Waals surface area contributed by atoms with Crippen LogP contribution in [-0.2, 0) is 0 Å². The summed E-state index contributed by atoms with van der Waals surface area (Å²) >= 11 is 1.86. The highest BCUT2D eigenvalue weighted by atomic mass is 32.2. The Morgan fingerprint density at radius 2 is 1.75 bits per heavy atom. The van der Waals surface area contributed by atoms with Gasteiger partial charge < -0.3 is 5.32 Å². The van der Waals surface area contributed by atoms with E-state index in [4.69, 9.17) is 0 Å². The molecular weight excluding hydrogens is 216 g/mol. The van der Waals surface area contributed by atoms with E-state index in [2.05, 4.69) is 17.2 Å². The van der Waals surface area contributed by atoms with Crippen molar-refractivity contribution in [3.05, 3.63) is 0 Å². The largest absolute Gasteiger partial charge is 0.365 e. The second-order valence-electron chi connectivity index (χ2n) is 4.44. The number of amidine groups is 1. The fourth-order valence-electron chi connectivity index (χ4n) is 1.90. The van der Waals surface area contributed by atoms with Gasteiger partial charge in [0.2, 0.25) is 0 Å². The summed E-state index contributed by atoms with van der Waals surface area (Å²) in [6.45, 7) is 4.39. The number of nitrogens with one attached hydrogen (secondary N) is 1. The highest BCUT2D eigenvalue weighted by molar-refractivity contribution is 8.14. The first-order valence-electron chi connectivity index (χ1n) is 6.84. The molecule has 0 unspecified atom stereocenters. The van der Waals surface area contributed by atoms with Crippen molar-refractivity contribution < 1.29 is 0 Å². The smallest absolute Gasteiger partial charge is 0.156 e. The van der Waals surface area contributed by atoms with E-state index < -0.39 is 0 Å². The van der Waals surface area contributed by atoms with E-state index in [1.165, 1.54) is 62.3 Å². The third kappa shape index (κ3) is 7.15. The second kappa shape index (κ2) is 10.0. The molecule has 1 rings (SSSR count). The molecule has 0 bridgehead atoms. The van der Waals surface area contributed by atoms with Gasteiger partial charge in [-0.15, -0.1) is 0 Å². The van der Waals surface area contributed by atoms with Crippen LogP contribution in [0.25, 0.3) is 0 Å². The molecule has 1 aliphatic rings. The van der Waals surface area contributed by atoms with Gasteiger partial charge in [0.15, 0.2) is 5.17 Å². The Bertz CT molecular complexity index is 192. The van der Waals surface area contributed by atoms with Crippen molar-refractivity contribution in [2.75, 3.05) is 18.8 Å². The van der Waals surface area contributed by atoms with Crippen molar-refractivity contribution >= 4 is 16.9 Å². The highest BCUT2D eigenvalue weighted by Gasteiger charge is 2.04. The lowest BCUT2D eigenvalue weighted by molar-refractivity contribution is 0.573. The lowest BCUT2D eigenvalue weighted by Crippen LogP contribution is -2.19. The molecule has 0 radical (unpaired) electrons. The molecule has 16 heavy (non-hydrogen) atoms.